The van der Waals surface area contributed by atoms with Gasteiger partial charge in [0.25, 0.3) is 0 Å². The number of rotatable bonds is 5. The zero-order valence-electron chi connectivity index (χ0n) is 8.38. The SMILES string of the molecule is C=C(C)C(N)=O.NCCCCCN. The van der Waals surface area contributed by atoms with Crippen LogP contribution >= 0.6 is 0 Å². The lowest BCUT2D eigenvalue weighted by molar-refractivity contribution is -0.114. The molecule has 0 fully saturated rings. The van der Waals surface area contributed by atoms with Crippen molar-refractivity contribution in [2.75, 3.05) is 13.1 Å². The molecule has 0 saturated heterocycles. The van der Waals surface area contributed by atoms with E-state index in [4.69, 9.17) is 17.2 Å². The van der Waals surface area contributed by atoms with Gasteiger partial charge in [-0.3, -0.25) is 4.79 Å². The quantitative estimate of drug-likeness (QED) is 0.421. The summed E-state index contributed by atoms with van der Waals surface area (Å²) in [4.78, 5) is 9.82. The molecule has 78 valence electrons. The van der Waals surface area contributed by atoms with Crippen molar-refractivity contribution in [3.63, 3.8) is 0 Å². The number of amides is 1. The fourth-order valence-corrected chi connectivity index (χ4v) is 0.465. The van der Waals surface area contributed by atoms with Crippen molar-refractivity contribution in [1.29, 1.82) is 0 Å². The minimum Gasteiger partial charge on any atom is -0.366 e. The molecule has 13 heavy (non-hydrogen) atoms. The standard InChI is InChI=1S/C5H14N2.C4H7NO/c6-4-2-1-3-5-7;1-3(2)4(5)6/h1-7H2;1H2,2H3,(H2,5,6). The molecule has 0 atom stereocenters. The highest BCUT2D eigenvalue weighted by molar-refractivity contribution is 5.90. The van der Waals surface area contributed by atoms with Crippen molar-refractivity contribution in [3.05, 3.63) is 12.2 Å². The zero-order valence-corrected chi connectivity index (χ0v) is 8.38. The molecule has 0 saturated carbocycles. The molecule has 0 aliphatic heterocycles. The van der Waals surface area contributed by atoms with Crippen molar-refractivity contribution in [1.82, 2.24) is 0 Å². The second kappa shape index (κ2) is 11.1. The minimum absolute atomic E-state index is 0.398. The molecule has 0 aliphatic carbocycles. The Morgan fingerprint density at radius 3 is 1.62 bits per heavy atom. The number of nitrogens with two attached hydrogens (primary N) is 3. The van der Waals surface area contributed by atoms with Crippen LogP contribution in [0.15, 0.2) is 12.2 Å². The van der Waals surface area contributed by atoms with Crippen molar-refractivity contribution >= 4 is 5.91 Å². The molecular weight excluding hydrogens is 166 g/mol. The Morgan fingerprint density at radius 2 is 1.46 bits per heavy atom. The molecule has 1 amide bonds. The van der Waals surface area contributed by atoms with Gasteiger partial charge in [0.05, 0.1) is 0 Å². The van der Waals surface area contributed by atoms with Gasteiger partial charge in [0, 0.05) is 5.57 Å². The normalized spacial score (nSPS) is 8.54. The van der Waals surface area contributed by atoms with Gasteiger partial charge in [0.1, 0.15) is 0 Å². The third-order valence-electron chi connectivity index (χ3n) is 1.33. The smallest absolute Gasteiger partial charge is 0.243 e. The van der Waals surface area contributed by atoms with E-state index in [0.29, 0.717) is 5.57 Å². The molecule has 0 aromatic rings. The Balaban J connectivity index is 0. The molecule has 0 heterocycles. The van der Waals surface area contributed by atoms with Crippen LogP contribution in [0.5, 0.6) is 0 Å². The summed E-state index contributed by atoms with van der Waals surface area (Å²) in [5.74, 6) is -0.435. The van der Waals surface area contributed by atoms with E-state index in [1.165, 1.54) is 6.42 Å². The number of unbranched alkanes of at least 4 members (excludes halogenated alkanes) is 2. The van der Waals surface area contributed by atoms with Crippen LogP contribution in [0.3, 0.4) is 0 Å². The highest BCUT2D eigenvalue weighted by Gasteiger charge is 1.86. The monoisotopic (exact) mass is 187 g/mol. The molecular formula is C9H21N3O. The van der Waals surface area contributed by atoms with Crippen LogP contribution in [0.1, 0.15) is 26.2 Å². The lowest BCUT2D eigenvalue weighted by Gasteiger charge is -1.91. The van der Waals surface area contributed by atoms with Crippen molar-refractivity contribution < 1.29 is 4.79 Å². The van der Waals surface area contributed by atoms with E-state index in [-0.39, 0.29) is 0 Å². The van der Waals surface area contributed by atoms with Crippen LogP contribution in [0, 0.1) is 0 Å². The van der Waals surface area contributed by atoms with Gasteiger partial charge in [-0.2, -0.15) is 0 Å². The fraction of sp³-hybridized carbons (Fsp3) is 0.667. The van der Waals surface area contributed by atoms with E-state index in [2.05, 4.69) is 6.58 Å². The van der Waals surface area contributed by atoms with Crippen molar-refractivity contribution in [2.45, 2.75) is 26.2 Å². The van der Waals surface area contributed by atoms with Crippen molar-refractivity contribution in [3.8, 4) is 0 Å². The Morgan fingerprint density at radius 1 is 1.15 bits per heavy atom. The summed E-state index contributed by atoms with van der Waals surface area (Å²) < 4.78 is 0. The maximum Gasteiger partial charge on any atom is 0.243 e. The van der Waals surface area contributed by atoms with Gasteiger partial charge in [-0.25, -0.2) is 0 Å². The first-order valence-corrected chi connectivity index (χ1v) is 4.41. The zero-order chi connectivity index (χ0) is 10.7. The Labute approximate surface area is 80.2 Å². The van der Waals surface area contributed by atoms with Gasteiger partial charge in [0.2, 0.25) is 5.91 Å². The van der Waals surface area contributed by atoms with E-state index in [9.17, 15) is 4.79 Å². The molecule has 4 heteroatoms. The summed E-state index contributed by atoms with van der Waals surface area (Å²) in [6, 6.07) is 0. The first-order valence-electron chi connectivity index (χ1n) is 4.41. The van der Waals surface area contributed by atoms with E-state index >= 15 is 0 Å². The summed E-state index contributed by atoms with van der Waals surface area (Å²) in [5.41, 5.74) is 15.6. The molecule has 4 nitrogen and oxygen atoms in total. The summed E-state index contributed by atoms with van der Waals surface area (Å²) >= 11 is 0. The van der Waals surface area contributed by atoms with Crippen molar-refractivity contribution in [2.24, 2.45) is 17.2 Å². The van der Waals surface area contributed by atoms with Gasteiger partial charge >= 0.3 is 0 Å². The highest BCUT2D eigenvalue weighted by atomic mass is 16.1. The van der Waals surface area contributed by atoms with Crippen LogP contribution in [0.4, 0.5) is 0 Å². The molecule has 0 aliphatic rings. The highest BCUT2D eigenvalue weighted by Crippen LogP contribution is 1.88. The Hall–Kier alpha value is -0.870. The van der Waals surface area contributed by atoms with E-state index < -0.39 is 5.91 Å². The predicted molar refractivity (Wildman–Crippen MR) is 56.0 cm³/mol. The summed E-state index contributed by atoms with van der Waals surface area (Å²) in [6.07, 6.45) is 3.43. The number of carbonyl (C=O) groups excluding carboxylic acids is 1. The predicted octanol–water partition coefficient (Wildman–Crippen LogP) is 0.122. The molecule has 6 N–H and O–H groups in total. The minimum atomic E-state index is -0.435. The molecule has 0 radical (unpaired) electrons. The number of primary amides is 1. The molecule has 0 aromatic heterocycles. The van der Waals surface area contributed by atoms with Gasteiger partial charge in [-0.15, -0.1) is 0 Å². The van der Waals surface area contributed by atoms with Gasteiger partial charge < -0.3 is 17.2 Å². The number of carbonyl (C=O) groups is 1. The van der Waals surface area contributed by atoms with Gasteiger partial charge in [0.15, 0.2) is 0 Å². The van der Waals surface area contributed by atoms with Gasteiger partial charge in [-0.05, 0) is 32.9 Å². The molecule has 0 bridgehead atoms. The number of hydrogen-bond donors (Lipinski definition) is 3. The third kappa shape index (κ3) is 18.2. The maximum absolute atomic E-state index is 9.82. The average molecular weight is 187 g/mol. The summed E-state index contributed by atoms with van der Waals surface area (Å²) in [5, 5.41) is 0. The summed E-state index contributed by atoms with van der Waals surface area (Å²) in [6.45, 7) is 6.46. The third-order valence-corrected chi connectivity index (χ3v) is 1.33. The molecule has 0 aromatic carbocycles. The second-order valence-corrected chi connectivity index (χ2v) is 2.78. The van der Waals surface area contributed by atoms with Gasteiger partial charge in [-0.1, -0.05) is 13.0 Å². The lowest BCUT2D eigenvalue weighted by atomic mass is 10.2. The van der Waals surface area contributed by atoms with E-state index in [1.807, 2.05) is 0 Å². The average Bonchev–Trinajstić information content (AvgIpc) is 2.06. The van der Waals surface area contributed by atoms with Crippen LogP contribution in [-0.4, -0.2) is 19.0 Å². The van der Waals surface area contributed by atoms with Crippen LogP contribution in [-0.2, 0) is 4.79 Å². The molecule has 0 spiro atoms. The molecule has 0 unspecified atom stereocenters. The van der Waals surface area contributed by atoms with Crippen LogP contribution in [0.25, 0.3) is 0 Å². The summed E-state index contributed by atoms with van der Waals surface area (Å²) in [7, 11) is 0. The maximum atomic E-state index is 9.82. The Kier molecular flexibility index (Phi) is 12.5. The Bertz CT molecular complexity index is 130. The lowest BCUT2D eigenvalue weighted by Crippen LogP contribution is -2.10. The van der Waals surface area contributed by atoms with E-state index in [0.717, 1.165) is 25.9 Å². The molecule has 0 rings (SSSR count). The van der Waals surface area contributed by atoms with Crippen LogP contribution in [0.2, 0.25) is 0 Å². The second-order valence-electron chi connectivity index (χ2n) is 2.78. The largest absolute Gasteiger partial charge is 0.366 e. The van der Waals surface area contributed by atoms with E-state index in [1.54, 1.807) is 6.92 Å². The number of hydrogen-bond acceptors (Lipinski definition) is 3. The topological polar surface area (TPSA) is 95.1 Å². The van der Waals surface area contributed by atoms with Crippen LogP contribution < -0.4 is 17.2 Å². The first kappa shape index (κ1) is 14.6. The first-order chi connectivity index (χ1) is 6.06. The fourth-order valence-electron chi connectivity index (χ4n) is 0.465.